The number of carbonyl (C=O) groups excluding carboxylic acids is 3. The molecule has 1 spiro atoms. The summed E-state index contributed by atoms with van der Waals surface area (Å²) in [5, 5.41) is 25.8. The number of anilines is 1. The lowest BCUT2D eigenvalue weighted by Crippen LogP contribution is -2.54. The normalized spacial score (nSPS) is 29.4. The fourth-order valence-corrected chi connectivity index (χ4v) is 5.52. The van der Waals surface area contributed by atoms with Crippen molar-refractivity contribution in [1.29, 1.82) is 0 Å². The Balaban J connectivity index is 1.63. The fourth-order valence-electron chi connectivity index (χ4n) is 5.52. The molecule has 166 valence electrons. The highest BCUT2D eigenvalue weighted by Crippen LogP contribution is 2.53. The van der Waals surface area contributed by atoms with Crippen molar-refractivity contribution in [2.75, 3.05) is 5.32 Å². The van der Waals surface area contributed by atoms with Gasteiger partial charge in [-0.05, 0) is 43.5 Å². The molecular weight excluding hydrogens is 410 g/mol. The summed E-state index contributed by atoms with van der Waals surface area (Å²) in [6, 6.07) is 10.9. The maximum Gasteiger partial charge on any atom is 0.250 e. The monoisotopic (exact) mass is 435 g/mol. The number of aromatic hydroxyl groups is 2. The number of hydrogen-bond donors (Lipinski definition) is 4. The van der Waals surface area contributed by atoms with E-state index < -0.39 is 23.4 Å². The zero-order valence-electron chi connectivity index (χ0n) is 17.8. The number of imide groups is 1. The van der Waals surface area contributed by atoms with Gasteiger partial charge in [-0.15, -0.1) is 0 Å². The average Bonchev–Trinajstić information content (AvgIpc) is 3.35. The molecule has 5 atom stereocenters. The number of phenolic OH excluding ortho intramolecular Hbond substituents is 2. The Morgan fingerprint density at radius 3 is 2.53 bits per heavy atom. The van der Waals surface area contributed by atoms with Crippen LogP contribution in [0, 0.1) is 11.8 Å². The Morgan fingerprint density at radius 2 is 1.81 bits per heavy atom. The molecule has 0 saturated carbocycles. The van der Waals surface area contributed by atoms with Gasteiger partial charge < -0.3 is 15.5 Å². The van der Waals surface area contributed by atoms with E-state index in [-0.39, 0.29) is 35.3 Å². The van der Waals surface area contributed by atoms with Gasteiger partial charge in [-0.2, -0.15) is 0 Å². The van der Waals surface area contributed by atoms with E-state index in [9.17, 15) is 24.6 Å². The molecule has 2 fully saturated rings. The minimum atomic E-state index is -1.33. The molecule has 2 aromatic carbocycles. The Labute approximate surface area is 185 Å². The smallest absolute Gasteiger partial charge is 0.250 e. The molecule has 5 rings (SSSR count). The molecule has 0 radical (unpaired) electrons. The third-order valence-electron chi connectivity index (χ3n) is 7.18. The lowest BCUT2D eigenvalue weighted by atomic mass is 9.76. The van der Waals surface area contributed by atoms with Crippen LogP contribution < -0.4 is 10.6 Å². The fraction of sp³-hybridized carbons (Fsp3) is 0.375. The molecular formula is C24H25N3O5. The number of rotatable bonds is 4. The van der Waals surface area contributed by atoms with E-state index in [0.29, 0.717) is 29.7 Å². The number of benzene rings is 2. The first-order valence-electron chi connectivity index (χ1n) is 10.9. The van der Waals surface area contributed by atoms with Crippen molar-refractivity contribution in [2.24, 2.45) is 11.8 Å². The van der Waals surface area contributed by atoms with Crippen LogP contribution in [0.25, 0.3) is 0 Å². The first kappa shape index (κ1) is 20.5. The summed E-state index contributed by atoms with van der Waals surface area (Å²) >= 11 is 0. The van der Waals surface area contributed by atoms with Crippen molar-refractivity contribution in [3.8, 4) is 11.5 Å². The second-order valence-electron chi connectivity index (χ2n) is 8.89. The number of likely N-dealkylation sites (tertiary alicyclic amines) is 1. The van der Waals surface area contributed by atoms with Crippen LogP contribution in [0.2, 0.25) is 0 Å². The zero-order chi connectivity index (χ0) is 22.8. The van der Waals surface area contributed by atoms with Crippen LogP contribution in [0.4, 0.5) is 5.69 Å². The molecule has 0 aliphatic carbocycles. The second kappa shape index (κ2) is 7.06. The number of nitrogens with zero attached hydrogens (tertiary/aromatic N) is 1. The van der Waals surface area contributed by atoms with Crippen molar-refractivity contribution in [3.05, 3.63) is 53.6 Å². The molecule has 3 heterocycles. The number of carbonyl (C=O) groups is 3. The first-order chi connectivity index (χ1) is 15.3. The highest BCUT2D eigenvalue weighted by molar-refractivity contribution is 6.15. The largest absolute Gasteiger partial charge is 0.504 e. The van der Waals surface area contributed by atoms with Gasteiger partial charge in [0, 0.05) is 23.3 Å². The van der Waals surface area contributed by atoms with E-state index in [1.54, 1.807) is 12.1 Å². The van der Waals surface area contributed by atoms with Crippen LogP contribution in [0.3, 0.4) is 0 Å². The lowest BCUT2D eigenvalue weighted by Gasteiger charge is -2.31. The maximum absolute atomic E-state index is 13.6. The van der Waals surface area contributed by atoms with E-state index in [2.05, 4.69) is 10.6 Å². The SMILES string of the molecule is CC[C@H](C)N1C(=O)[C@H]2[C@@H](C1=O)[C@@]1(N[C@@H]2Cc2ccc(O)c(O)c2)C(=O)Nc2ccccc21. The van der Waals surface area contributed by atoms with Gasteiger partial charge in [-0.3, -0.25) is 24.6 Å². The van der Waals surface area contributed by atoms with E-state index in [1.807, 2.05) is 32.0 Å². The Hall–Kier alpha value is -3.39. The molecule has 8 nitrogen and oxygen atoms in total. The molecule has 0 aromatic heterocycles. The third kappa shape index (κ3) is 2.62. The summed E-state index contributed by atoms with van der Waals surface area (Å²) in [5.41, 5.74) is 0.652. The van der Waals surface area contributed by atoms with Crippen molar-refractivity contribution in [3.63, 3.8) is 0 Å². The van der Waals surface area contributed by atoms with Gasteiger partial charge in [0.1, 0.15) is 5.54 Å². The molecule has 2 aromatic rings. The molecule has 3 amide bonds. The molecule has 4 N–H and O–H groups in total. The van der Waals surface area contributed by atoms with Gasteiger partial charge in [-0.1, -0.05) is 31.2 Å². The average molecular weight is 435 g/mol. The van der Waals surface area contributed by atoms with Crippen molar-refractivity contribution >= 4 is 23.4 Å². The van der Waals surface area contributed by atoms with E-state index >= 15 is 0 Å². The summed E-state index contributed by atoms with van der Waals surface area (Å²) in [7, 11) is 0. The molecule has 3 aliphatic rings. The molecule has 0 unspecified atom stereocenters. The minimum Gasteiger partial charge on any atom is -0.504 e. The lowest BCUT2D eigenvalue weighted by molar-refractivity contribution is -0.145. The van der Waals surface area contributed by atoms with Crippen LogP contribution >= 0.6 is 0 Å². The van der Waals surface area contributed by atoms with E-state index in [1.165, 1.54) is 17.0 Å². The third-order valence-corrected chi connectivity index (χ3v) is 7.18. The summed E-state index contributed by atoms with van der Waals surface area (Å²) in [4.78, 5) is 41.8. The minimum absolute atomic E-state index is 0.235. The van der Waals surface area contributed by atoms with Crippen molar-refractivity contribution in [2.45, 2.75) is 44.3 Å². The van der Waals surface area contributed by atoms with Gasteiger partial charge in [0.25, 0.3) is 0 Å². The van der Waals surface area contributed by atoms with Crippen LogP contribution in [0.1, 0.15) is 31.4 Å². The number of fused-ring (bicyclic) bond motifs is 4. The number of hydrogen-bond acceptors (Lipinski definition) is 6. The highest BCUT2D eigenvalue weighted by atomic mass is 16.3. The van der Waals surface area contributed by atoms with Gasteiger partial charge >= 0.3 is 0 Å². The predicted molar refractivity (Wildman–Crippen MR) is 116 cm³/mol. The summed E-state index contributed by atoms with van der Waals surface area (Å²) in [6.45, 7) is 3.76. The van der Waals surface area contributed by atoms with Crippen LogP contribution in [0.5, 0.6) is 11.5 Å². The Bertz CT molecular complexity index is 1150. The van der Waals surface area contributed by atoms with Crippen LogP contribution in [-0.2, 0) is 26.3 Å². The van der Waals surface area contributed by atoms with Crippen molar-refractivity contribution < 1.29 is 24.6 Å². The van der Waals surface area contributed by atoms with Crippen LogP contribution in [0.15, 0.2) is 42.5 Å². The number of nitrogens with one attached hydrogen (secondary N) is 2. The molecule has 8 heteroatoms. The zero-order valence-corrected chi connectivity index (χ0v) is 17.8. The Morgan fingerprint density at radius 1 is 1.06 bits per heavy atom. The molecule has 3 aliphatic heterocycles. The highest BCUT2D eigenvalue weighted by Gasteiger charge is 2.70. The predicted octanol–water partition coefficient (Wildman–Crippen LogP) is 1.86. The topological polar surface area (TPSA) is 119 Å². The van der Waals surface area contributed by atoms with Crippen molar-refractivity contribution in [1.82, 2.24) is 10.2 Å². The Kier molecular flexibility index (Phi) is 4.53. The van der Waals surface area contributed by atoms with Gasteiger partial charge in [0.15, 0.2) is 11.5 Å². The number of amides is 3. The summed E-state index contributed by atoms with van der Waals surface area (Å²) < 4.78 is 0. The first-order valence-corrected chi connectivity index (χ1v) is 10.9. The van der Waals surface area contributed by atoms with E-state index in [4.69, 9.17) is 0 Å². The van der Waals surface area contributed by atoms with E-state index in [0.717, 1.165) is 0 Å². The second-order valence-corrected chi connectivity index (χ2v) is 8.89. The summed E-state index contributed by atoms with van der Waals surface area (Å²) in [5.74, 6) is -3.01. The summed E-state index contributed by atoms with van der Waals surface area (Å²) in [6.07, 6.45) is 0.927. The van der Waals surface area contributed by atoms with Gasteiger partial charge in [0.05, 0.1) is 11.8 Å². The standard InChI is InChI=1S/C24H25N3O5/c1-3-12(2)27-21(30)19-16(10-13-8-9-17(28)18(29)11-13)26-24(20(19)22(27)31)14-6-4-5-7-15(14)25-23(24)32/h4-9,11-12,16,19-20,26,28-29H,3,10H2,1-2H3,(H,25,32)/t12-,16+,19+,20-,24+/m0/s1. The molecule has 32 heavy (non-hydrogen) atoms. The quantitative estimate of drug-likeness (QED) is 0.430. The number of phenols is 2. The van der Waals surface area contributed by atoms with Gasteiger partial charge in [0.2, 0.25) is 17.7 Å². The molecule has 0 bridgehead atoms. The molecule has 2 saturated heterocycles. The number of para-hydroxylation sites is 1. The van der Waals surface area contributed by atoms with Crippen LogP contribution in [-0.4, -0.2) is 44.9 Å². The maximum atomic E-state index is 13.6. The van der Waals surface area contributed by atoms with Gasteiger partial charge in [-0.25, -0.2) is 0 Å².